The van der Waals surface area contributed by atoms with Gasteiger partial charge >= 0.3 is 0 Å². The Morgan fingerprint density at radius 1 is 0.962 bits per heavy atom. The van der Waals surface area contributed by atoms with Crippen molar-refractivity contribution in [3.8, 4) is 0 Å². The number of hydrogen-bond acceptors (Lipinski definition) is 4. The van der Waals surface area contributed by atoms with Crippen LogP contribution in [-0.2, 0) is 0 Å². The van der Waals surface area contributed by atoms with Crippen molar-refractivity contribution >= 4 is 11.4 Å². The Kier molecular flexibility index (Phi) is 5.23. The number of anilines is 2. The zero-order valence-electron chi connectivity index (χ0n) is 15.8. The highest BCUT2D eigenvalue weighted by atomic mass is 15.2. The number of aromatic nitrogens is 1. The van der Waals surface area contributed by atoms with Crippen LogP contribution in [0.15, 0.2) is 54.9 Å². The molecule has 0 saturated carbocycles. The Labute approximate surface area is 157 Å². The summed E-state index contributed by atoms with van der Waals surface area (Å²) in [5.41, 5.74) is 2.91. The molecule has 0 unspecified atom stereocenters. The van der Waals surface area contributed by atoms with Crippen molar-refractivity contribution < 1.29 is 0 Å². The van der Waals surface area contributed by atoms with Gasteiger partial charge in [-0.1, -0.05) is 18.2 Å². The molecule has 0 spiro atoms. The second-order valence-electron chi connectivity index (χ2n) is 7.88. The largest absolute Gasteiger partial charge is 0.338 e. The minimum absolute atomic E-state index is 0.379. The highest BCUT2D eigenvalue weighted by Gasteiger charge is 2.36. The molecule has 2 fully saturated rings. The van der Waals surface area contributed by atoms with Crippen LogP contribution in [0.4, 0.5) is 11.4 Å². The lowest BCUT2D eigenvalue weighted by Gasteiger charge is -2.49. The molecule has 1 N–H and O–H groups in total. The predicted molar refractivity (Wildman–Crippen MR) is 108 cm³/mol. The summed E-state index contributed by atoms with van der Waals surface area (Å²) in [5.74, 6) is 0. The van der Waals surface area contributed by atoms with E-state index in [1.165, 1.54) is 50.1 Å². The highest BCUT2D eigenvalue weighted by Crippen LogP contribution is 2.34. The van der Waals surface area contributed by atoms with Crippen molar-refractivity contribution in [1.29, 1.82) is 0 Å². The molecule has 2 aliphatic heterocycles. The van der Waals surface area contributed by atoms with Gasteiger partial charge in [-0.15, -0.1) is 0 Å². The van der Waals surface area contributed by atoms with Gasteiger partial charge in [0.2, 0.25) is 0 Å². The third-order valence-electron chi connectivity index (χ3n) is 6.25. The monoisotopic (exact) mass is 350 g/mol. The normalized spacial score (nSPS) is 21.4. The van der Waals surface area contributed by atoms with Gasteiger partial charge in [0.1, 0.15) is 0 Å². The molecule has 26 heavy (non-hydrogen) atoms. The van der Waals surface area contributed by atoms with Crippen LogP contribution in [0.3, 0.4) is 0 Å². The lowest BCUT2D eigenvalue weighted by molar-refractivity contribution is 0.0493. The molecule has 2 saturated heterocycles. The fourth-order valence-corrected chi connectivity index (χ4v) is 4.61. The van der Waals surface area contributed by atoms with Crippen molar-refractivity contribution in [3.05, 3.63) is 54.9 Å². The third kappa shape index (κ3) is 3.62. The summed E-state index contributed by atoms with van der Waals surface area (Å²) in [7, 11) is 0. The molecule has 3 heterocycles. The van der Waals surface area contributed by atoms with Gasteiger partial charge in [-0.2, -0.15) is 0 Å². The molecule has 1 aromatic carbocycles. The summed E-state index contributed by atoms with van der Waals surface area (Å²) in [6, 6.07) is 15.6. The number of benzene rings is 1. The summed E-state index contributed by atoms with van der Waals surface area (Å²) < 4.78 is 0. The van der Waals surface area contributed by atoms with E-state index in [1.54, 1.807) is 0 Å². The van der Waals surface area contributed by atoms with E-state index in [9.17, 15) is 0 Å². The molecule has 138 valence electrons. The number of pyridine rings is 1. The van der Waals surface area contributed by atoms with Crippen molar-refractivity contribution in [2.24, 2.45) is 0 Å². The van der Waals surface area contributed by atoms with Crippen LogP contribution in [0.2, 0.25) is 0 Å². The van der Waals surface area contributed by atoms with E-state index in [0.29, 0.717) is 11.6 Å². The zero-order valence-corrected chi connectivity index (χ0v) is 15.8. The van der Waals surface area contributed by atoms with E-state index in [1.807, 2.05) is 12.4 Å². The molecule has 0 radical (unpaired) electrons. The number of piperidine rings is 2. The lowest BCUT2D eigenvalue weighted by Crippen LogP contribution is -2.56. The van der Waals surface area contributed by atoms with Gasteiger partial charge in [0.05, 0.1) is 0 Å². The molecule has 2 aromatic rings. The van der Waals surface area contributed by atoms with Gasteiger partial charge in [-0.25, -0.2) is 0 Å². The van der Waals surface area contributed by atoms with E-state index in [0.717, 1.165) is 13.1 Å². The van der Waals surface area contributed by atoms with E-state index in [4.69, 9.17) is 0 Å². The van der Waals surface area contributed by atoms with Crippen LogP contribution in [0.25, 0.3) is 0 Å². The number of rotatable bonds is 4. The molecule has 4 heteroatoms. The van der Waals surface area contributed by atoms with Crippen molar-refractivity contribution in [2.75, 3.05) is 31.1 Å². The molecular weight excluding hydrogens is 320 g/mol. The fraction of sp³-hybridized carbons (Fsp3) is 0.500. The van der Waals surface area contributed by atoms with Gasteiger partial charge in [-0.05, 0) is 70.0 Å². The SMILES string of the molecule is CC1(N2CCC(N(c3ccccc3)c3ccncc3)CC2)CCNCC1. The Morgan fingerprint density at radius 2 is 1.58 bits per heavy atom. The topological polar surface area (TPSA) is 31.4 Å². The van der Waals surface area contributed by atoms with Gasteiger partial charge in [0, 0.05) is 48.4 Å². The van der Waals surface area contributed by atoms with Gasteiger partial charge < -0.3 is 10.2 Å². The summed E-state index contributed by atoms with van der Waals surface area (Å²) in [5, 5.41) is 3.51. The molecule has 1 aromatic heterocycles. The standard InChI is InChI=1S/C22H30N4/c1-22(11-15-24-16-12-22)25-17-9-21(10-18-25)26(19-5-3-2-4-6-19)20-7-13-23-14-8-20/h2-8,13-14,21,24H,9-12,15-18H2,1H3. The van der Waals surface area contributed by atoms with E-state index >= 15 is 0 Å². The Bertz CT molecular complexity index is 634. The van der Waals surface area contributed by atoms with E-state index in [2.05, 4.69) is 69.5 Å². The predicted octanol–water partition coefficient (Wildman–Crippen LogP) is 3.83. The van der Waals surface area contributed by atoms with Crippen LogP contribution in [0.5, 0.6) is 0 Å². The average Bonchev–Trinajstić information content (AvgIpc) is 2.71. The van der Waals surface area contributed by atoms with E-state index in [-0.39, 0.29) is 0 Å². The second-order valence-corrected chi connectivity index (χ2v) is 7.88. The minimum atomic E-state index is 0.379. The number of nitrogens with zero attached hydrogens (tertiary/aromatic N) is 3. The maximum Gasteiger partial charge on any atom is 0.0444 e. The molecule has 2 aliphatic rings. The van der Waals surface area contributed by atoms with Crippen molar-refractivity contribution in [3.63, 3.8) is 0 Å². The fourth-order valence-electron chi connectivity index (χ4n) is 4.61. The summed E-state index contributed by atoms with van der Waals surface area (Å²) >= 11 is 0. The van der Waals surface area contributed by atoms with Crippen molar-refractivity contribution in [1.82, 2.24) is 15.2 Å². The molecule has 0 amide bonds. The molecular formula is C22H30N4. The summed E-state index contributed by atoms with van der Waals surface area (Å²) in [6.45, 7) is 7.16. The van der Waals surface area contributed by atoms with Gasteiger partial charge in [0.25, 0.3) is 0 Å². The molecule has 4 rings (SSSR count). The highest BCUT2D eigenvalue weighted by molar-refractivity contribution is 5.63. The zero-order chi connectivity index (χ0) is 17.8. The van der Waals surface area contributed by atoms with Crippen LogP contribution in [0, 0.1) is 0 Å². The Morgan fingerprint density at radius 3 is 2.23 bits per heavy atom. The number of hydrogen-bond donors (Lipinski definition) is 1. The van der Waals surface area contributed by atoms with Gasteiger partial charge in [-0.3, -0.25) is 9.88 Å². The van der Waals surface area contributed by atoms with Crippen LogP contribution >= 0.6 is 0 Å². The lowest BCUT2D eigenvalue weighted by atomic mass is 9.86. The number of likely N-dealkylation sites (tertiary alicyclic amines) is 1. The maximum absolute atomic E-state index is 4.21. The molecule has 4 nitrogen and oxygen atoms in total. The minimum Gasteiger partial charge on any atom is -0.338 e. The number of nitrogens with one attached hydrogen (secondary N) is 1. The second kappa shape index (κ2) is 7.77. The first-order valence-electron chi connectivity index (χ1n) is 9.96. The van der Waals surface area contributed by atoms with Crippen LogP contribution in [0.1, 0.15) is 32.6 Å². The first-order valence-corrected chi connectivity index (χ1v) is 9.96. The Hall–Kier alpha value is -1.91. The third-order valence-corrected chi connectivity index (χ3v) is 6.25. The summed E-state index contributed by atoms with van der Waals surface area (Å²) in [4.78, 5) is 9.48. The molecule has 0 aliphatic carbocycles. The average molecular weight is 351 g/mol. The molecule has 0 bridgehead atoms. The van der Waals surface area contributed by atoms with Crippen LogP contribution in [-0.4, -0.2) is 47.6 Å². The first-order chi connectivity index (χ1) is 12.8. The maximum atomic E-state index is 4.21. The molecule has 0 atom stereocenters. The first kappa shape index (κ1) is 17.5. The number of para-hydroxylation sites is 1. The smallest absolute Gasteiger partial charge is 0.0444 e. The summed E-state index contributed by atoms with van der Waals surface area (Å²) in [6.07, 6.45) is 8.75. The van der Waals surface area contributed by atoms with Crippen molar-refractivity contribution in [2.45, 2.75) is 44.2 Å². The van der Waals surface area contributed by atoms with Crippen LogP contribution < -0.4 is 10.2 Å². The van der Waals surface area contributed by atoms with E-state index < -0.39 is 0 Å². The Balaban J connectivity index is 1.51. The quantitative estimate of drug-likeness (QED) is 0.908. The van der Waals surface area contributed by atoms with Gasteiger partial charge in [0.15, 0.2) is 0 Å².